The molecule has 1 amide bonds. The van der Waals surface area contributed by atoms with E-state index < -0.39 is 17.8 Å². The van der Waals surface area contributed by atoms with Gasteiger partial charge >= 0.3 is 0 Å². The average molecular weight is 298 g/mol. The number of rotatable bonds is 3. The van der Waals surface area contributed by atoms with E-state index in [1.54, 1.807) is 25.1 Å². The standard InChI is InChI=1S/C12H12BrNO3/c1-7(15)5-6-14-9-4-2-3-8(13)10(9)11(16)12(14)17/h2-4,7,15H,5-6H2,1H3. The van der Waals surface area contributed by atoms with Crippen molar-refractivity contribution in [3.63, 3.8) is 0 Å². The molecule has 1 aliphatic rings. The SMILES string of the molecule is CC(O)CCN1C(=O)C(=O)c2c(Br)cccc21. The topological polar surface area (TPSA) is 57.6 Å². The van der Waals surface area contributed by atoms with Gasteiger partial charge < -0.3 is 10.0 Å². The van der Waals surface area contributed by atoms with Crippen molar-refractivity contribution >= 4 is 33.3 Å². The normalized spacial score (nSPS) is 16.3. The van der Waals surface area contributed by atoms with Gasteiger partial charge in [-0.15, -0.1) is 0 Å². The van der Waals surface area contributed by atoms with E-state index in [0.29, 0.717) is 28.7 Å². The van der Waals surface area contributed by atoms with Crippen molar-refractivity contribution in [1.29, 1.82) is 0 Å². The van der Waals surface area contributed by atoms with E-state index in [9.17, 15) is 14.7 Å². The molecule has 1 heterocycles. The van der Waals surface area contributed by atoms with Gasteiger partial charge in [-0.05, 0) is 41.4 Å². The van der Waals surface area contributed by atoms with E-state index in [1.807, 2.05) is 0 Å². The largest absolute Gasteiger partial charge is 0.393 e. The van der Waals surface area contributed by atoms with Gasteiger partial charge in [-0.3, -0.25) is 9.59 Å². The Morgan fingerprint density at radius 3 is 2.76 bits per heavy atom. The molecular weight excluding hydrogens is 286 g/mol. The van der Waals surface area contributed by atoms with Gasteiger partial charge in [0.15, 0.2) is 0 Å². The molecule has 0 saturated heterocycles. The van der Waals surface area contributed by atoms with Crippen molar-refractivity contribution in [2.45, 2.75) is 19.4 Å². The third-order valence-electron chi connectivity index (χ3n) is 2.72. The number of anilines is 1. The molecular formula is C12H12BrNO3. The Balaban J connectivity index is 2.35. The highest BCUT2D eigenvalue weighted by Crippen LogP contribution is 2.34. The summed E-state index contributed by atoms with van der Waals surface area (Å²) in [5.41, 5.74) is 1.04. The van der Waals surface area contributed by atoms with Crippen molar-refractivity contribution < 1.29 is 14.7 Å². The number of benzene rings is 1. The van der Waals surface area contributed by atoms with Crippen molar-refractivity contribution in [1.82, 2.24) is 0 Å². The van der Waals surface area contributed by atoms with Crippen LogP contribution in [-0.4, -0.2) is 29.4 Å². The summed E-state index contributed by atoms with van der Waals surface area (Å²) in [7, 11) is 0. The molecule has 17 heavy (non-hydrogen) atoms. The molecule has 0 saturated carbocycles. The third kappa shape index (κ3) is 2.12. The first kappa shape index (κ1) is 12.3. The summed E-state index contributed by atoms with van der Waals surface area (Å²) < 4.78 is 0.632. The molecule has 1 atom stereocenters. The lowest BCUT2D eigenvalue weighted by Gasteiger charge is -2.17. The van der Waals surface area contributed by atoms with Crippen LogP contribution in [0.15, 0.2) is 22.7 Å². The Labute approximate surface area is 107 Å². The fourth-order valence-corrected chi connectivity index (χ4v) is 2.38. The van der Waals surface area contributed by atoms with Gasteiger partial charge in [0, 0.05) is 11.0 Å². The zero-order valence-electron chi connectivity index (χ0n) is 9.31. The number of halogens is 1. The van der Waals surface area contributed by atoms with Crippen LogP contribution >= 0.6 is 15.9 Å². The van der Waals surface area contributed by atoms with E-state index in [0.717, 1.165) is 0 Å². The molecule has 5 heteroatoms. The minimum absolute atomic E-state index is 0.353. The van der Waals surface area contributed by atoms with E-state index >= 15 is 0 Å². The van der Waals surface area contributed by atoms with Crippen LogP contribution in [0.1, 0.15) is 23.7 Å². The van der Waals surface area contributed by atoms with Gasteiger partial charge in [-0.25, -0.2) is 0 Å². The fraction of sp³-hybridized carbons (Fsp3) is 0.333. The van der Waals surface area contributed by atoms with Crippen molar-refractivity contribution in [2.75, 3.05) is 11.4 Å². The van der Waals surface area contributed by atoms with E-state index in [1.165, 1.54) is 4.90 Å². The van der Waals surface area contributed by atoms with Gasteiger partial charge in [0.05, 0.1) is 17.4 Å². The highest BCUT2D eigenvalue weighted by atomic mass is 79.9. The Bertz CT molecular complexity index is 485. The summed E-state index contributed by atoms with van der Waals surface area (Å²) in [6, 6.07) is 5.26. The summed E-state index contributed by atoms with van der Waals surface area (Å²) in [5, 5.41) is 9.24. The minimum atomic E-state index is -0.521. The fourth-order valence-electron chi connectivity index (χ4n) is 1.84. The lowest BCUT2D eigenvalue weighted by Crippen LogP contribution is -2.32. The first-order valence-electron chi connectivity index (χ1n) is 5.35. The van der Waals surface area contributed by atoms with Gasteiger partial charge in [0.1, 0.15) is 0 Å². The lowest BCUT2D eigenvalue weighted by atomic mass is 10.1. The maximum Gasteiger partial charge on any atom is 0.299 e. The Hall–Kier alpha value is -1.20. The second kappa shape index (κ2) is 4.58. The smallest absolute Gasteiger partial charge is 0.299 e. The number of aliphatic hydroxyl groups excluding tert-OH is 1. The van der Waals surface area contributed by atoms with Gasteiger partial charge in [0.25, 0.3) is 11.7 Å². The molecule has 2 rings (SSSR count). The second-order valence-corrected chi connectivity index (χ2v) is 4.91. The summed E-state index contributed by atoms with van der Waals surface area (Å²) in [6.07, 6.45) is -0.0422. The van der Waals surface area contributed by atoms with Crippen LogP contribution in [0.5, 0.6) is 0 Å². The van der Waals surface area contributed by atoms with Gasteiger partial charge in [-0.2, -0.15) is 0 Å². The van der Waals surface area contributed by atoms with Crippen molar-refractivity contribution in [3.8, 4) is 0 Å². The number of ketones is 1. The second-order valence-electron chi connectivity index (χ2n) is 4.06. The molecule has 0 spiro atoms. The van der Waals surface area contributed by atoms with Crippen LogP contribution in [0.25, 0.3) is 0 Å². The van der Waals surface area contributed by atoms with Crippen LogP contribution in [0.3, 0.4) is 0 Å². The molecule has 0 radical (unpaired) electrons. The summed E-state index contributed by atoms with van der Waals surface area (Å²) >= 11 is 3.27. The van der Waals surface area contributed by atoms with Gasteiger partial charge in [0.2, 0.25) is 0 Å². The van der Waals surface area contributed by atoms with E-state index in [4.69, 9.17) is 0 Å². The minimum Gasteiger partial charge on any atom is -0.393 e. The maximum absolute atomic E-state index is 11.8. The molecule has 1 N–H and O–H groups in total. The predicted molar refractivity (Wildman–Crippen MR) is 67.1 cm³/mol. The molecule has 1 aromatic rings. The summed E-state index contributed by atoms with van der Waals surface area (Å²) in [4.78, 5) is 25.0. The number of aliphatic hydroxyl groups is 1. The molecule has 4 nitrogen and oxygen atoms in total. The number of hydrogen-bond donors (Lipinski definition) is 1. The van der Waals surface area contributed by atoms with Crippen LogP contribution in [0.4, 0.5) is 5.69 Å². The van der Waals surface area contributed by atoms with Crippen molar-refractivity contribution in [2.24, 2.45) is 0 Å². The summed E-state index contributed by atoms with van der Waals surface area (Å²) in [5.74, 6) is -1.01. The lowest BCUT2D eigenvalue weighted by molar-refractivity contribution is -0.114. The Kier molecular flexibility index (Phi) is 3.31. The van der Waals surface area contributed by atoms with E-state index in [-0.39, 0.29) is 0 Å². The molecule has 0 fully saturated rings. The maximum atomic E-state index is 11.8. The first-order valence-corrected chi connectivity index (χ1v) is 6.14. The molecule has 90 valence electrons. The average Bonchev–Trinajstić information content (AvgIpc) is 2.51. The number of hydrogen-bond acceptors (Lipinski definition) is 3. The molecule has 1 aliphatic heterocycles. The number of carbonyl (C=O) groups excluding carboxylic acids is 2. The predicted octanol–water partition coefficient (Wildman–Crippen LogP) is 1.75. The number of nitrogens with zero attached hydrogens (tertiary/aromatic N) is 1. The first-order chi connectivity index (χ1) is 8.02. The van der Waals surface area contributed by atoms with Crippen LogP contribution in [0, 0.1) is 0 Å². The highest BCUT2D eigenvalue weighted by Gasteiger charge is 2.36. The third-order valence-corrected chi connectivity index (χ3v) is 3.38. The zero-order valence-corrected chi connectivity index (χ0v) is 10.9. The van der Waals surface area contributed by atoms with Crippen LogP contribution in [-0.2, 0) is 4.79 Å². The Morgan fingerprint density at radius 1 is 1.41 bits per heavy atom. The van der Waals surface area contributed by atoms with Crippen LogP contribution < -0.4 is 4.90 Å². The van der Waals surface area contributed by atoms with Crippen LogP contribution in [0.2, 0.25) is 0 Å². The van der Waals surface area contributed by atoms with E-state index in [2.05, 4.69) is 15.9 Å². The number of amides is 1. The molecule has 0 aliphatic carbocycles. The molecule has 1 unspecified atom stereocenters. The number of Topliss-reactive ketones (excluding diaryl/α,β-unsaturated/α-hetero) is 1. The molecule has 0 aromatic heterocycles. The number of carbonyl (C=O) groups is 2. The summed E-state index contributed by atoms with van der Waals surface area (Å²) in [6.45, 7) is 2.01. The number of fused-ring (bicyclic) bond motifs is 1. The van der Waals surface area contributed by atoms with Crippen molar-refractivity contribution in [3.05, 3.63) is 28.2 Å². The zero-order chi connectivity index (χ0) is 12.6. The monoisotopic (exact) mass is 297 g/mol. The Morgan fingerprint density at radius 2 is 2.12 bits per heavy atom. The quantitative estimate of drug-likeness (QED) is 0.865. The van der Waals surface area contributed by atoms with Gasteiger partial charge in [-0.1, -0.05) is 6.07 Å². The molecule has 0 bridgehead atoms. The highest BCUT2D eigenvalue weighted by molar-refractivity contribution is 9.10. The molecule has 1 aromatic carbocycles.